The zero-order valence-corrected chi connectivity index (χ0v) is 17.3. The van der Waals surface area contributed by atoms with Crippen LogP contribution in [0.3, 0.4) is 0 Å². The van der Waals surface area contributed by atoms with E-state index in [1.165, 1.54) is 11.1 Å². The van der Waals surface area contributed by atoms with Gasteiger partial charge < -0.3 is 20.4 Å². The van der Waals surface area contributed by atoms with Crippen LogP contribution < -0.4 is 15.5 Å². The maximum Gasteiger partial charge on any atom is 0.191 e. The Morgan fingerprint density at radius 3 is 2.78 bits per heavy atom. The Kier molecular flexibility index (Phi) is 7.06. The van der Waals surface area contributed by atoms with Gasteiger partial charge in [-0.3, -0.25) is 4.99 Å². The lowest BCUT2D eigenvalue weighted by Crippen LogP contribution is -2.45. The molecule has 1 aliphatic rings. The number of pyridine rings is 1. The zero-order chi connectivity index (χ0) is 19.1. The molecule has 1 aliphatic heterocycles. The standard InChI is InChI=1S/C20H30N6S/c1-16(18-6-12-27-15-18)13-23-20(21-2)24-14-17-5-4-7-22-19(17)26-10-8-25(3)9-11-26/h4-7,12,15-16H,8-11,13-14H2,1-3H3,(H2,21,23,24). The van der Waals surface area contributed by atoms with Crippen molar-refractivity contribution in [1.82, 2.24) is 20.5 Å². The molecular formula is C20H30N6S. The van der Waals surface area contributed by atoms with Crippen LogP contribution in [0.1, 0.15) is 24.0 Å². The van der Waals surface area contributed by atoms with Gasteiger partial charge in [0.05, 0.1) is 0 Å². The van der Waals surface area contributed by atoms with E-state index in [4.69, 9.17) is 0 Å². The second kappa shape index (κ2) is 9.71. The van der Waals surface area contributed by atoms with Gasteiger partial charge in [-0.05, 0) is 41.4 Å². The minimum atomic E-state index is 0.453. The second-order valence-corrected chi connectivity index (χ2v) is 7.82. The monoisotopic (exact) mass is 386 g/mol. The third-order valence-corrected chi connectivity index (χ3v) is 5.73. The molecule has 7 heteroatoms. The number of aromatic nitrogens is 1. The van der Waals surface area contributed by atoms with E-state index < -0.39 is 0 Å². The molecule has 1 fully saturated rings. The summed E-state index contributed by atoms with van der Waals surface area (Å²) in [4.78, 5) is 13.8. The lowest BCUT2D eigenvalue weighted by molar-refractivity contribution is 0.312. The average molecular weight is 387 g/mol. The van der Waals surface area contributed by atoms with Crippen LogP contribution in [0.15, 0.2) is 40.1 Å². The highest BCUT2D eigenvalue weighted by Crippen LogP contribution is 2.19. The van der Waals surface area contributed by atoms with Gasteiger partial charge in [0.1, 0.15) is 5.82 Å². The number of nitrogens with zero attached hydrogens (tertiary/aromatic N) is 4. The summed E-state index contributed by atoms with van der Waals surface area (Å²) in [6, 6.07) is 6.34. The number of piperazine rings is 1. The summed E-state index contributed by atoms with van der Waals surface area (Å²) in [5.41, 5.74) is 2.57. The molecule has 1 saturated heterocycles. The molecule has 3 heterocycles. The number of thiophene rings is 1. The molecule has 0 aliphatic carbocycles. The maximum atomic E-state index is 4.65. The number of anilines is 1. The van der Waals surface area contributed by atoms with Crippen molar-refractivity contribution in [3.63, 3.8) is 0 Å². The van der Waals surface area contributed by atoms with Crippen LogP contribution in [0.2, 0.25) is 0 Å². The van der Waals surface area contributed by atoms with Gasteiger partial charge in [0.15, 0.2) is 5.96 Å². The molecule has 0 bridgehead atoms. The molecule has 3 rings (SSSR count). The summed E-state index contributed by atoms with van der Waals surface area (Å²) in [6.07, 6.45) is 1.88. The van der Waals surface area contributed by atoms with E-state index in [-0.39, 0.29) is 0 Å². The Morgan fingerprint density at radius 2 is 2.07 bits per heavy atom. The van der Waals surface area contributed by atoms with Crippen LogP contribution in [0.25, 0.3) is 0 Å². The maximum absolute atomic E-state index is 4.65. The molecule has 2 N–H and O–H groups in total. The first kappa shape index (κ1) is 19.6. The molecule has 27 heavy (non-hydrogen) atoms. The Bertz CT molecular complexity index is 722. The second-order valence-electron chi connectivity index (χ2n) is 7.04. The fourth-order valence-corrected chi connectivity index (χ4v) is 3.98. The van der Waals surface area contributed by atoms with Crippen molar-refractivity contribution in [1.29, 1.82) is 0 Å². The number of rotatable bonds is 6. The summed E-state index contributed by atoms with van der Waals surface area (Å²) in [6.45, 7) is 7.99. The number of hydrogen-bond acceptors (Lipinski definition) is 5. The van der Waals surface area contributed by atoms with Gasteiger partial charge in [-0.15, -0.1) is 0 Å². The van der Waals surface area contributed by atoms with Gasteiger partial charge in [0.2, 0.25) is 0 Å². The van der Waals surface area contributed by atoms with E-state index in [1.54, 1.807) is 11.3 Å². The SMILES string of the molecule is CN=C(NCc1cccnc1N1CCN(C)CC1)NCC(C)c1ccsc1. The molecule has 0 amide bonds. The third kappa shape index (κ3) is 5.43. The van der Waals surface area contributed by atoms with Crippen LogP contribution in [-0.2, 0) is 6.54 Å². The first-order chi connectivity index (χ1) is 13.2. The van der Waals surface area contributed by atoms with Gasteiger partial charge in [0, 0.05) is 58.1 Å². The minimum absolute atomic E-state index is 0.453. The van der Waals surface area contributed by atoms with Crippen LogP contribution in [0, 0.1) is 0 Å². The molecule has 0 radical (unpaired) electrons. The molecule has 1 atom stereocenters. The number of aliphatic imine (C=N–C) groups is 1. The Labute approximate surface area is 166 Å². The molecular weight excluding hydrogens is 356 g/mol. The van der Waals surface area contributed by atoms with Gasteiger partial charge in [-0.2, -0.15) is 11.3 Å². The van der Waals surface area contributed by atoms with Crippen LogP contribution in [0.4, 0.5) is 5.82 Å². The minimum Gasteiger partial charge on any atom is -0.356 e. The van der Waals surface area contributed by atoms with Gasteiger partial charge in [-0.1, -0.05) is 13.0 Å². The van der Waals surface area contributed by atoms with E-state index in [9.17, 15) is 0 Å². The quantitative estimate of drug-likeness (QED) is 0.590. The predicted molar refractivity (Wildman–Crippen MR) is 115 cm³/mol. The van der Waals surface area contributed by atoms with Gasteiger partial charge in [-0.25, -0.2) is 4.98 Å². The summed E-state index contributed by atoms with van der Waals surface area (Å²) in [5, 5.41) is 11.2. The van der Waals surface area contributed by atoms with Crippen LogP contribution >= 0.6 is 11.3 Å². The molecule has 0 spiro atoms. The van der Waals surface area contributed by atoms with E-state index in [0.29, 0.717) is 12.5 Å². The highest BCUT2D eigenvalue weighted by molar-refractivity contribution is 7.07. The summed E-state index contributed by atoms with van der Waals surface area (Å²) in [7, 11) is 3.99. The van der Waals surface area contributed by atoms with E-state index >= 15 is 0 Å². The molecule has 0 saturated carbocycles. The number of hydrogen-bond donors (Lipinski definition) is 2. The molecule has 6 nitrogen and oxygen atoms in total. The lowest BCUT2D eigenvalue weighted by Gasteiger charge is -2.34. The highest BCUT2D eigenvalue weighted by atomic mass is 32.1. The smallest absolute Gasteiger partial charge is 0.191 e. The highest BCUT2D eigenvalue weighted by Gasteiger charge is 2.18. The van der Waals surface area contributed by atoms with Crippen molar-refractivity contribution in [2.24, 2.45) is 4.99 Å². The van der Waals surface area contributed by atoms with Gasteiger partial charge in [0.25, 0.3) is 0 Å². The Balaban J connectivity index is 1.55. The number of nitrogens with one attached hydrogen (secondary N) is 2. The fourth-order valence-electron chi connectivity index (χ4n) is 3.19. The van der Waals surface area contributed by atoms with Crippen molar-refractivity contribution in [3.8, 4) is 0 Å². The Morgan fingerprint density at radius 1 is 1.26 bits per heavy atom. The molecule has 1 unspecified atom stereocenters. The summed E-state index contributed by atoms with van der Waals surface area (Å²) < 4.78 is 0. The predicted octanol–water partition coefficient (Wildman–Crippen LogP) is 2.36. The van der Waals surface area contributed by atoms with Crippen LogP contribution in [0.5, 0.6) is 0 Å². The van der Waals surface area contributed by atoms with E-state index in [0.717, 1.165) is 44.5 Å². The largest absolute Gasteiger partial charge is 0.356 e. The fraction of sp³-hybridized carbons (Fsp3) is 0.500. The van der Waals surface area contributed by atoms with Crippen molar-refractivity contribution in [2.75, 3.05) is 51.7 Å². The molecule has 146 valence electrons. The van der Waals surface area contributed by atoms with Crippen molar-refractivity contribution in [3.05, 3.63) is 46.3 Å². The topological polar surface area (TPSA) is 55.8 Å². The zero-order valence-electron chi connectivity index (χ0n) is 16.5. The van der Waals surface area contributed by atoms with Crippen molar-refractivity contribution in [2.45, 2.75) is 19.4 Å². The summed E-state index contributed by atoms with van der Waals surface area (Å²) >= 11 is 1.74. The molecule has 0 aromatic carbocycles. The average Bonchev–Trinajstić information content (AvgIpc) is 3.24. The number of likely N-dealkylation sites (N-methyl/N-ethyl adjacent to an activating group) is 1. The lowest BCUT2D eigenvalue weighted by atomic mass is 10.1. The normalized spacial score (nSPS) is 17.0. The number of guanidine groups is 1. The van der Waals surface area contributed by atoms with Gasteiger partial charge >= 0.3 is 0 Å². The van der Waals surface area contributed by atoms with Crippen LogP contribution in [-0.4, -0.2) is 62.7 Å². The molecule has 2 aromatic heterocycles. The third-order valence-electron chi connectivity index (χ3n) is 5.03. The summed E-state index contributed by atoms with van der Waals surface area (Å²) in [5.74, 6) is 2.36. The van der Waals surface area contributed by atoms with E-state index in [1.807, 2.05) is 19.3 Å². The van der Waals surface area contributed by atoms with Crippen molar-refractivity contribution >= 4 is 23.1 Å². The first-order valence-electron chi connectivity index (χ1n) is 9.51. The Hall–Kier alpha value is -2.12. The van der Waals surface area contributed by atoms with Crippen molar-refractivity contribution < 1.29 is 0 Å². The van der Waals surface area contributed by atoms with E-state index in [2.05, 4.69) is 67.3 Å². The first-order valence-corrected chi connectivity index (χ1v) is 10.5. The molecule has 2 aromatic rings.